The third kappa shape index (κ3) is 10.2. The highest BCUT2D eigenvalue weighted by molar-refractivity contribution is 5.75. The van der Waals surface area contributed by atoms with E-state index in [1.807, 2.05) is 124 Å². The van der Waals surface area contributed by atoms with Crippen LogP contribution in [0, 0.1) is 17.8 Å². The van der Waals surface area contributed by atoms with Crippen molar-refractivity contribution in [1.29, 1.82) is 0 Å². The molecular formula is C36H42O8. The standard InChI is InChI=1S/2C12H14O3.C12H14O2/c2*1-8(12(13)14-2)10-11(15-10)9-6-4-3-5-7-9;1-10(12(13)14-2)8-9-11-6-4-3-5-7-11/h2*3-8,10-11H,1-2H3;3-10H,1-2H3/b;;9-8+/t8-,10+,11+;8-,10-,11-;/m00./s1. The molecule has 0 aliphatic carbocycles. The Bertz CT molecular complexity index is 1270. The van der Waals surface area contributed by atoms with E-state index in [1.165, 1.54) is 21.3 Å². The minimum Gasteiger partial charge on any atom is -0.469 e. The molecule has 2 aliphatic heterocycles. The van der Waals surface area contributed by atoms with Crippen LogP contribution in [0.2, 0.25) is 0 Å². The van der Waals surface area contributed by atoms with Crippen molar-refractivity contribution in [2.75, 3.05) is 21.3 Å². The zero-order valence-corrected chi connectivity index (χ0v) is 26.1. The third-order valence-electron chi connectivity index (χ3n) is 7.39. The Kier molecular flexibility index (Phi) is 13.3. The topological polar surface area (TPSA) is 104 Å². The van der Waals surface area contributed by atoms with Gasteiger partial charge >= 0.3 is 17.9 Å². The molecule has 3 aromatic rings. The lowest BCUT2D eigenvalue weighted by molar-refractivity contribution is -0.146. The molecule has 234 valence electrons. The van der Waals surface area contributed by atoms with Gasteiger partial charge in [0.2, 0.25) is 0 Å². The number of esters is 3. The molecule has 2 aliphatic rings. The molecule has 3 aromatic carbocycles. The van der Waals surface area contributed by atoms with E-state index in [0.29, 0.717) is 0 Å². The lowest BCUT2D eigenvalue weighted by atomic mass is 10.0. The number of hydrogen-bond acceptors (Lipinski definition) is 8. The molecule has 8 nitrogen and oxygen atoms in total. The van der Waals surface area contributed by atoms with E-state index in [9.17, 15) is 14.4 Å². The van der Waals surface area contributed by atoms with Crippen LogP contribution in [-0.4, -0.2) is 51.4 Å². The molecule has 7 atom stereocenters. The number of benzene rings is 3. The van der Waals surface area contributed by atoms with Gasteiger partial charge < -0.3 is 23.7 Å². The monoisotopic (exact) mass is 602 g/mol. The third-order valence-corrected chi connectivity index (χ3v) is 7.39. The summed E-state index contributed by atoms with van der Waals surface area (Å²) in [7, 11) is 4.20. The van der Waals surface area contributed by atoms with E-state index in [4.69, 9.17) is 9.47 Å². The fraction of sp³-hybridized carbons (Fsp3) is 0.361. The highest BCUT2D eigenvalue weighted by Gasteiger charge is 2.47. The van der Waals surface area contributed by atoms with Gasteiger partial charge in [0.15, 0.2) is 0 Å². The Morgan fingerprint density at radius 3 is 1.32 bits per heavy atom. The van der Waals surface area contributed by atoms with Gasteiger partial charge in [0.05, 0.1) is 39.1 Å². The van der Waals surface area contributed by atoms with Crippen LogP contribution < -0.4 is 0 Å². The number of carbonyl (C=O) groups excluding carboxylic acids is 3. The summed E-state index contributed by atoms with van der Waals surface area (Å²) in [5.41, 5.74) is 3.33. The lowest BCUT2D eigenvalue weighted by Crippen LogP contribution is -2.18. The maximum Gasteiger partial charge on any atom is 0.312 e. The Balaban J connectivity index is 0.000000181. The summed E-state index contributed by atoms with van der Waals surface area (Å²) >= 11 is 0. The molecule has 0 bridgehead atoms. The maximum atomic E-state index is 11.3. The molecule has 2 heterocycles. The van der Waals surface area contributed by atoms with Gasteiger partial charge in [-0.1, -0.05) is 103 Å². The van der Waals surface area contributed by atoms with Crippen molar-refractivity contribution in [3.63, 3.8) is 0 Å². The molecule has 8 heteroatoms. The zero-order chi connectivity index (χ0) is 32.1. The van der Waals surface area contributed by atoms with E-state index in [2.05, 4.69) is 14.2 Å². The van der Waals surface area contributed by atoms with Gasteiger partial charge in [0.25, 0.3) is 0 Å². The van der Waals surface area contributed by atoms with E-state index < -0.39 is 0 Å². The molecule has 2 saturated heterocycles. The van der Waals surface area contributed by atoms with Gasteiger partial charge in [0, 0.05) is 0 Å². The SMILES string of the molecule is COC(=O)C(C)/C=C/c1ccccc1.COC(=O)[C@@H](C)[C@@H]1O[C@H]1c1ccccc1.COC(=O)[C@@H](C)[C@H]1O[C@@H]1c1ccccc1. The molecule has 44 heavy (non-hydrogen) atoms. The molecular weight excluding hydrogens is 560 g/mol. The molecule has 0 aromatic heterocycles. The van der Waals surface area contributed by atoms with Crippen LogP contribution in [0.15, 0.2) is 97.1 Å². The van der Waals surface area contributed by atoms with Gasteiger partial charge in [-0.05, 0) is 37.5 Å². The maximum absolute atomic E-state index is 11.3. The number of carbonyl (C=O) groups is 3. The summed E-state index contributed by atoms with van der Waals surface area (Å²) in [6, 6.07) is 29.7. The first-order valence-corrected chi connectivity index (χ1v) is 14.6. The van der Waals surface area contributed by atoms with Crippen LogP contribution in [0.4, 0.5) is 0 Å². The summed E-state index contributed by atoms with van der Waals surface area (Å²) < 4.78 is 24.9. The Hall–Kier alpha value is -4.27. The predicted molar refractivity (Wildman–Crippen MR) is 167 cm³/mol. The van der Waals surface area contributed by atoms with Gasteiger partial charge in [-0.25, -0.2) is 0 Å². The quantitative estimate of drug-likeness (QED) is 0.158. The Morgan fingerprint density at radius 2 is 0.955 bits per heavy atom. The van der Waals surface area contributed by atoms with Crippen LogP contribution in [0.1, 0.15) is 49.7 Å². The summed E-state index contributed by atoms with van der Waals surface area (Å²) in [5, 5.41) is 0. The number of rotatable bonds is 9. The molecule has 0 amide bonds. The highest BCUT2D eigenvalue weighted by atomic mass is 16.6. The first kappa shape index (κ1) is 34.2. The number of hydrogen-bond donors (Lipinski definition) is 0. The van der Waals surface area contributed by atoms with E-state index in [1.54, 1.807) is 0 Å². The number of ether oxygens (including phenoxy) is 5. The van der Waals surface area contributed by atoms with Crippen molar-refractivity contribution < 1.29 is 38.1 Å². The summed E-state index contributed by atoms with van der Waals surface area (Å²) in [4.78, 5) is 33.6. The van der Waals surface area contributed by atoms with E-state index in [0.717, 1.165) is 16.7 Å². The second-order valence-corrected chi connectivity index (χ2v) is 10.6. The van der Waals surface area contributed by atoms with Crippen LogP contribution >= 0.6 is 0 Å². The first-order chi connectivity index (χ1) is 21.2. The largest absolute Gasteiger partial charge is 0.469 e. The fourth-order valence-electron chi connectivity index (χ4n) is 4.55. The second kappa shape index (κ2) is 17.1. The van der Waals surface area contributed by atoms with E-state index >= 15 is 0 Å². The average Bonchev–Trinajstić information content (AvgIpc) is 4.02. The fourth-order valence-corrected chi connectivity index (χ4v) is 4.55. The summed E-state index contributed by atoms with van der Waals surface area (Å²) in [6.45, 7) is 5.48. The van der Waals surface area contributed by atoms with Gasteiger partial charge in [-0.3, -0.25) is 14.4 Å². The minimum absolute atomic E-state index is 0.0279. The van der Waals surface area contributed by atoms with Gasteiger partial charge in [-0.2, -0.15) is 0 Å². The van der Waals surface area contributed by atoms with Crippen molar-refractivity contribution in [3.05, 3.63) is 114 Å². The molecule has 0 N–H and O–H groups in total. The smallest absolute Gasteiger partial charge is 0.312 e. The van der Waals surface area contributed by atoms with Crippen LogP contribution in [0.3, 0.4) is 0 Å². The predicted octanol–water partition coefficient (Wildman–Crippen LogP) is 6.38. The Labute approximate surface area is 259 Å². The Morgan fingerprint density at radius 1 is 0.591 bits per heavy atom. The van der Waals surface area contributed by atoms with Crippen LogP contribution in [0.25, 0.3) is 6.08 Å². The summed E-state index contributed by atoms with van der Waals surface area (Å²) in [5.74, 6) is -1.21. The van der Waals surface area contributed by atoms with Gasteiger partial charge in [-0.15, -0.1) is 0 Å². The van der Waals surface area contributed by atoms with Crippen LogP contribution in [0.5, 0.6) is 0 Å². The second-order valence-electron chi connectivity index (χ2n) is 10.6. The number of epoxide rings is 2. The van der Waals surface area contributed by atoms with Crippen molar-refractivity contribution >= 4 is 24.0 Å². The molecule has 0 spiro atoms. The number of methoxy groups -OCH3 is 3. The average molecular weight is 603 g/mol. The lowest BCUT2D eigenvalue weighted by Gasteiger charge is -2.04. The van der Waals surface area contributed by atoms with Crippen molar-refractivity contribution in [2.45, 2.75) is 45.2 Å². The van der Waals surface area contributed by atoms with E-state index in [-0.39, 0.29) is 60.1 Å². The summed E-state index contributed by atoms with van der Waals surface area (Å²) in [6.07, 6.45) is 3.81. The highest BCUT2D eigenvalue weighted by Crippen LogP contribution is 2.44. The molecule has 0 radical (unpaired) electrons. The molecule has 5 rings (SSSR count). The first-order valence-electron chi connectivity index (χ1n) is 14.6. The molecule has 0 saturated carbocycles. The molecule has 1 unspecified atom stereocenters. The normalized spacial score (nSPS) is 21.6. The van der Waals surface area contributed by atoms with Crippen molar-refractivity contribution in [2.24, 2.45) is 17.8 Å². The van der Waals surface area contributed by atoms with Crippen molar-refractivity contribution in [1.82, 2.24) is 0 Å². The zero-order valence-electron chi connectivity index (χ0n) is 26.1. The minimum atomic E-state index is -0.211. The van der Waals surface area contributed by atoms with Crippen LogP contribution in [-0.2, 0) is 38.1 Å². The van der Waals surface area contributed by atoms with Gasteiger partial charge in [0.1, 0.15) is 24.4 Å². The van der Waals surface area contributed by atoms with Crippen molar-refractivity contribution in [3.8, 4) is 0 Å². The molecule has 2 fully saturated rings.